The Kier molecular flexibility index (Phi) is 6.06. The lowest BCUT2D eigenvalue weighted by molar-refractivity contribution is -0.132. The number of aromatic nitrogens is 1. The van der Waals surface area contributed by atoms with Crippen molar-refractivity contribution in [3.63, 3.8) is 0 Å². The van der Waals surface area contributed by atoms with Gasteiger partial charge in [0.25, 0.3) is 5.56 Å². The number of carboxylic acid groups (broad SMARTS) is 1. The molecule has 1 aromatic heterocycles. The van der Waals surface area contributed by atoms with Gasteiger partial charge in [-0.2, -0.15) is 0 Å². The first-order valence-electron chi connectivity index (χ1n) is 9.28. The van der Waals surface area contributed by atoms with Crippen molar-refractivity contribution in [2.24, 2.45) is 5.92 Å². The van der Waals surface area contributed by atoms with Crippen LogP contribution >= 0.6 is 0 Å². The summed E-state index contributed by atoms with van der Waals surface area (Å²) in [5.74, 6) is -0.373. The second-order valence-corrected chi connectivity index (χ2v) is 7.02. The lowest BCUT2D eigenvalue weighted by atomic mass is 9.89. The fourth-order valence-electron chi connectivity index (χ4n) is 3.57. The summed E-state index contributed by atoms with van der Waals surface area (Å²) in [7, 11) is 0. The number of carboxylic acids is 1. The van der Waals surface area contributed by atoms with Gasteiger partial charge in [0.1, 0.15) is 0 Å². The first-order valence-corrected chi connectivity index (χ1v) is 9.28. The quantitative estimate of drug-likeness (QED) is 0.849. The fourth-order valence-corrected chi connectivity index (χ4v) is 3.57. The van der Waals surface area contributed by atoms with Gasteiger partial charge in [-0.3, -0.25) is 9.59 Å². The van der Waals surface area contributed by atoms with Crippen LogP contribution in [0.2, 0.25) is 0 Å². The number of likely N-dealkylation sites (tertiary alicyclic amines) is 1. The fraction of sp³-hybridized carbons (Fsp3) is 0.381. The largest absolute Gasteiger partial charge is 0.478 e. The third kappa shape index (κ3) is 5.06. The van der Waals surface area contributed by atoms with Crippen LogP contribution in [0.4, 0.5) is 0 Å². The number of hydrogen-bond acceptors (Lipinski definition) is 3. The Morgan fingerprint density at radius 3 is 2.56 bits per heavy atom. The molecule has 0 atom stereocenters. The standard InChI is InChI=1S/C21H24N2O4/c24-19-6-1-2-10-22(19)13-9-20(25)23-11-7-16(8-12-23)14-17-4-3-5-18(15-17)21(26)27/h1-6,10,15-16H,7-9,11-14H2,(H,26,27). The lowest BCUT2D eigenvalue weighted by Gasteiger charge is -2.32. The number of carbonyl (C=O) groups excluding carboxylic acids is 1. The molecule has 1 N–H and O–H groups in total. The van der Waals surface area contributed by atoms with Crippen LogP contribution in [0, 0.1) is 5.92 Å². The number of hydrogen-bond donors (Lipinski definition) is 1. The van der Waals surface area contributed by atoms with Crippen molar-refractivity contribution in [1.29, 1.82) is 0 Å². The molecule has 0 aliphatic carbocycles. The Labute approximate surface area is 158 Å². The highest BCUT2D eigenvalue weighted by Crippen LogP contribution is 2.22. The van der Waals surface area contributed by atoms with Crippen LogP contribution in [0.25, 0.3) is 0 Å². The van der Waals surface area contributed by atoms with E-state index in [2.05, 4.69) is 0 Å². The van der Waals surface area contributed by atoms with Gasteiger partial charge in [0.15, 0.2) is 0 Å². The summed E-state index contributed by atoms with van der Waals surface area (Å²) in [6.07, 6.45) is 4.69. The molecule has 2 aromatic rings. The summed E-state index contributed by atoms with van der Waals surface area (Å²) in [6.45, 7) is 1.83. The number of aromatic carboxylic acids is 1. The molecule has 2 heterocycles. The number of amides is 1. The predicted octanol–water partition coefficient (Wildman–Crippen LogP) is 2.42. The minimum absolute atomic E-state index is 0.0806. The van der Waals surface area contributed by atoms with Crippen molar-refractivity contribution in [1.82, 2.24) is 9.47 Å². The van der Waals surface area contributed by atoms with Gasteiger partial charge in [0, 0.05) is 38.3 Å². The number of rotatable bonds is 6. The Balaban J connectivity index is 1.48. The van der Waals surface area contributed by atoms with E-state index in [0.29, 0.717) is 37.5 Å². The summed E-state index contributed by atoms with van der Waals surface area (Å²) in [6, 6.07) is 12.1. The third-order valence-electron chi connectivity index (χ3n) is 5.13. The van der Waals surface area contributed by atoms with Gasteiger partial charge >= 0.3 is 5.97 Å². The topological polar surface area (TPSA) is 79.6 Å². The molecule has 6 nitrogen and oxygen atoms in total. The van der Waals surface area contributed by atoms with E-state index in [1.165, 1.54) is 6.07 Å². The van der Waals surface area contributed by atoms with Crippen LogP contribution in [0.3, 0.4) is 0 Å². The van der Waals surface area contributed by atoms with Crippen molar-refractivity contribution in [2.45, 2.75) is 32.2 Å². The highest BCUT2D eigenvalue weighted by atomic mass is 16.4. The maximum atomic E-state index is 12.4. The molecule has 1 aliphatic rings. The van der Waals surface area contributed by atoms with E-state index in [4.69, 9.17) is 5.11 Å². The van der Waals surface area contributed by atoms with E-state index >= 15 is 0 Å². The second kappa shape index (κ2) is 8.66. The van der Waals surface area contributed by atoms with Crippen molar-refractivity contribution < 1.29 is 14.7 Å². The molecule has 1 aromatic carbocycles. The van der Waals surface area contributed by atoms with E-state index in [9.17, 15) is 14.4 Å². The van der Waals surface area contributed by atoms with Crippen LogP contribution < -0.4 is 5.56 Å². The Hall–Kier alpha value is -2.89. The Bertz CT molecular complexity index is 866. The van der Waals surface area contributed by atoms with E-state index in [1.807, 2.05) is 11.0 Å². The highest BCUT2D eigenvalue weighted by Gasteiger charge is 2.23. The molecular weight excluding hydrogens is 344 g/mol. The normalized spacial score (nSPS) is 14.9. The molecule has 1 fully saturated rings. The first-order chi connectivity index (χ1) is 13.0. The minimum atomic E-state index is -0.908. The van der Waals surface area contributed by atoms with Gasteiger partial charge in [0.2, 0.25) is 5.91 Å². The van der Waals surface area contributed by atoms with Gasteiger partial charge in [-0.1, -0.05) is 18.2 Å². The zero-order chi connectivity index (χ0) is 19.2. The van der Waals surface area contributed by atoms with Crippen LogP contribution in [-0.2, 0) is 17.8 Å². The van der Waals surface area contributed by atoms with Crippen molar-refractivity contribution >= 4 is 11.9 Å². The molecule has 1 saturated heterocycles. The maximum absolute atomic E-state index is 12.4. The molecule has 1 amide bonds. The molecule has 1 aliphatic heterocycles. The molecule has 3 rings (SSSR count). The highest BCUT2D eigenvalue weighted by molar-refractivity contribution is 5.87. The zero-order valence-corrected chi connectivity index (χ0v) is 15.2. The number of benzene rings is 1. The Morgan fingerprint density at radius 1 is 1.07 bits per heavy atom. The number of carbonyl (C=O) groups is 2. The number of aryl methyl sites for hydroxylation is 1. The van der Waals surface area contributed by atoms with Crippen LogP contribution in [-0.4, -0.2) is 39.5 Å². The maximum Gasteiger partial charge on any atom is 0.335 e. The average molecular weight is 368 g/mol. The Morgan fingerprint density at radius 2 is 1.85 bits per heavy atom. The molecule has 142 valence electrons. The molecule has 27 heavy (non-hydrogen) atoms. The third-order valence-corrected chi connectivity index (χ3v) is 5.13. The average Bonchev–Trinajstić information content (AvgIpc) is 2.68. The molecule has 0 saturated carbocycles. The summed E-state index contributed by atoms with van der Waals surface area (Å²) in [4.78, 5) is 37.1. The monoisotopic (exact) mass is 368 g/mol. The van der Waals surface area contributed by atoms with Crippen LogP contribution in [0.5, 0.6) is 0 Å². The van der Waals surface area contributed by atoms with Crippen molar-refractivity contribution in [3.05, 3.63) is 70.1 Å². The van der Waals surface area contributed by atoms with E-state index in [0.717, 1.165) is 24.8 Å². The lowest BCUT2D eigenvalue weighted by Crippen LogP contribution is -2.39. The van der Waals surface area contributed by atoms with Crippen LogP contribution in [0.1, 0.15) is 35.2 Å². The molecule has 6 heteroatoms. The SMILES string of the molecule is O=C(O)c1cccc(CC2CCN(C(=O)CCn3ccccc3=O)CC2)c1. The van der Waals surface area contributed by atoms with Gasteiger partial charge in [-0.15, -0.1) is 0 Å². The zero-order valence-electron chi connectivity index (χ0n) is 15.2. The van der Waals surface area contributed by atoms with Crippen molar-refractivity contribution in [2.75, 3.05) is 13.1 Å². The molecule has 0 spiro atoms. The van der Waals surface area contributed by atoms with E-state index in [1.54, 1.807) is 41.1 Å². The van der Waals surface area contributed by atoms with Gasteiger partial charge in [0.05, 0.1) is 5.56 Å². The number of pyridine rings is 1. The van der Waals surface area contributed by atoms with E-state index < -0.39 is 5.97 Å². The van der Waals surface area contributed by atoms with Crippen LogP contribution in [0.15, 0.2) is 53.5 Å². The number of piperidine rings is 1. The smallest absolute Gasteiger partial charge is 0.335 e. The minimum Gasteiger partial charge on any atom is -0.478 e. The second-order valence-electron chi connectivity index (χ2n) is 7.02. The van der Waals surface area contributed by atoms with E-state index in [-0.39, 0.29) is 11.5 Å². The number of nitrogens with zero attached hydrogens (tertiary/aromatic N) is 2. The molecule has 0 bridgehead atoms. The van der Waals surface area contributed by atoms with Gasteiger partial charge in [-0.05, 0) is 48.9 Å². The van der Waals surface area contributed by atoms with Crippen molar-refractivity contribution in [3.8, 4) is 0 Å². The molecular formula is C21H24N2O4. The summed E-state index contributed by atoms with van der Waals surface area (Å²) >= 11 is 0. The first kappa shape index (κ1) is 18.9. The summed E-state index contributed by atoms with van der Waals surface area (Å²) in [5.41, 5.74) is 1.26. The summed E-state index contributed by atoms with van der Waals surface area (Å²) in [5, 5.41) is 9.10. The predicted molar refractivity (Wildman–Crippen MR) is 102 cm³/mol. The van der Waals surface area contributed by atoms with Gasteiger partial charge in [-0.25, -0.2) is 4.79 Å². The molecule has 0 radical (unpaired) electrons. The van der Waals surface area contributed by atoms with Gasteiger partial charge < -0.3 is 14.6 Å². The molecule has 0 unspecified atom stereocenters. The summed E-state index contributed by atoms with van der Waals surface area (Å²) < 4.78 is 1.56.